The van der Waals surface area contributed by atoms with Gasteiger partial charge in [0, 0.05) is 37.7 Å². The molecule has 1 saturated heterocycles. The van der Waals surface area contributed by atoms with E-state index in [-0.39, 0.29) is 17.4 Å². The van der Waals surface area contributed by atoms with Gasteiger partial charge in [-0.15, -0.1) is 0 Å². The summed E-state index contributed by atoms with van der Waals surface area (Å²) in [6.45, 7) is 1.50. The Balaban J connectivity index is 1.63. The first-order chi connectivity index (χ1) is 12.6. The molecule has 10 heteroatoms. The quantitative estimate of drug-likeness (QED) is 0.773. The normalized spacial score (nSPS) is 18.9. The van der Waals surface area contributed by atoms with Crippen molar-refractivity contribution in [1.29, 1.82) is 0 Å². The highest BCUT2D eigenvalue weighted by molar-refractivity contribution is 7.92. The van der Waals surface area contributed by atoms with Crippen LogP contribution in [0.15, 0.2) is 29.2 Å². The molecule has 0 spiro atoms. The number of benzene rings is 1. The van der Waals surface area contributed by atoms with Gasteiger partial charge < -0.3 is 9.80 Å². The van der Waals surface area contributed by atoms with Gasteiger partial charge in [0.2, 0.25) is 5.91 Å². The van der Waals surface area contributed by atoms with Gasteiger partial charge in [-0.1, -0.05) is 6.42 Å². The van der Waals surface area contributed by atoms with Crippen LogP contribution < -0.4 is 0 Å². The summed E-state index contributed by atoms with van der Waals surface area (Å²) in [4.78, 5) is 27.1. The molecule has 6 nitrogen and oxygen atoms in total. The summed E-state index contributed by atoms with van der Waals surface area (Å²) >= 11 is 0. The number of alkyl halides is 3. The lowest BCUT2D eigenvalue weighted by Crippen LogP contribution is -2.52. The first-order valence-electron chi connectivity index (χ1n) is 8.61. The number of piperazine rings is 1. The van der Waals surface area contributed by atoms with Crippen molar-refractivity contribution in [3.63, 3.8) is 0 Å². The number of hydrogen-bond acceptors (Lipinski definition) is 4. The number of carbonyl (C=O) groups excluding carboxylic acids is 2. The Bertz CT molecular complexity index is 825. The third kappa shape index (κ3) is 3.80. The van der Waals surface area contributed by atoms with Crippen molar-refractivity contribution in [2.75, 3.05) is 26.2 Å². The van der Waals surface area contributed by atoms with Crippen molar-refractivity contribution in [2.24, 2.45) is 5.92 Å². The van der Waals surface area contributed by atoms with Gasteiger partial charge in [-0.25, -0.2) is 8.42 Å². The maximum absolute atomic E-state index is 12.6. The second-order valence-corrected chi connectivity index (χ2v) is 8.66. The molecule has 1 aliphatic carbocycles. The Hall–Kier alpha value is -2.10. The van der Waals surface area contributed by atoms with Crippen LogP contribution >= 0.6 is 0 Å². The van der Waals surface area contributed by atoms with Crippen LogP contribution in [-0.4, -0.2) is 61.7 Å². The van der Waals surface area contributed by atoms with E-state index in [1.54, 1.807) is 4.90 Å². The second kappa shape index (κ2) is 7.14. The fourth-order valence-electron chi connectivity index (χ4n) is 3.14. The van der Waals surface area contributed by atoms with E-state index in [1.807, 2.05) is 0 Å². The van der Waals surface area contributed by atoms with Crippen LogP contribution in [0.4, 0.5) is 13.2 Å². The minimum atomic E-state index is -5.43. The molecule has 0 radical (unpaired) electrons. The van der Waals surface area contributed by atoms with Crippen LogP contribution in [0.5, 0.6) is 0 Å². The number of rotatable bonds is 3. The fraction of sp³-hybridized carbons (Fsp3) is 0.529. The molecule has 0 unspecified atom stereocenters. The van der Waals surface area contributed by atoms with Crippen LogP contribution in [0.25, 0.3) is 0 Å². The highest BCUT2D eigenvalue weighted by atomic mass is 32.2. The second-order valence-electron chi connectivity index (χ2n) is 6.72. The summed E-state index contributed by atoms with van der Waals surface area (Å²) < 4.78 is 60.4. The zero-order valence-corrected chi connectivity index (χ0v) is 15.2. The lowest BCUT2D eigenvalue weighted by molar-refractivity contribution is -0.139. The van der Waals surface area contributed by atoms with Gasteiger partial charge in [-0.05, 0) is 37.1 Å². The highest BCUT2D eigenvalue weighted by Gasteiger charge is 2.46. The van der Waals surface area contributed by atoms with Crippen molar-refractivity contribution in [3.05, 3.63) is 29.8 Å². The SMILES string of the molecule is O=C(c1ccc(S(=O)(=O)C(F)(F)F)cc1)N1CCN(C(=O)C2CCC2)CC1. The standard InChI is InChI=1S/C17H19F3N2O4S/c18-17(19,20)27(25,26)14-6-4-13(5-7-14)16(24)22-10-8-21(9-11-22)15(23)12-2-1-3-12/h4-7,12H,1-3,8-11H2. The molecule has 1 aliphatic heterocycles. The topological polar surface area (TPSA) is 74.8 Å². The molecule has 27 heavy (non-hydrogen) atoms. The zero-order chi connectivity index (χ0) is 19.8. The summed E-state index contributed by atoms with van der Waals surface area (Å²) in [6.07, 6.45) is 2.88. The molecular weight excluding hydrogens is 385 g/mol. The maximum Gasteiger partial charge on any atom is 0.501 e. The van der Waals surface area contributed by atoms with Gasteiger partial charge in [0.05, 0.1) is 4.90 Å². The minimum absolute atomic E-state index is 0.0929. The Morgan fingerprint density at radius 1 is 0.926 bits per heavy atom. The van der Waals surface area contributed by atoms with Crippen molar-refractivity contribution >= 4 is 21.7 Å². The lowest BCUT2D eigenvalue weighted by Gasteiger charge is -2.38. The number of carbonyl (C=O) groups is 2. The number of sulfone groups is 1. The fourth-order valence-corrected chi connectivity index (χ4v) is 3.90. The van der Waals surface area contributed by atoms with Crippen LogP contribution in [0.2, 0.25) is 0 Å². The summed E-state index contributed by atoms with van der Waals surface area (Å²) in [7, 11) is -5.43. The van der Waals surface area contributed by atoms with E-state index < -0.39 is 26.1 Å². The van der Waals surface area contributed by atoms with E-state index in [0.717, 1.165) is 43.5 Å². The van der Waals surface area contributed by atoms with Crippen LogP contribution in [0.1, 0.15) is 29.6 Å². The van der Waals surface area contributed by atoms with Crippen molar-refractivity contribution < 1.29 is 31.2 Å². The number of halogens is 3. The summed E-state index contributed by atoms with van der Waals surface area (Å²) in [5, 5.41) is 0. The van der Waals surface area contributed by atoms with Gasteiger partial charge in [0.25, 0.3) is 15.7 Å². The molecule has 1 aromatic rings. The average Bonchev–Trinajstić information content (AvgIpc) is 2.59. The molecule has 2 fully saturated rings. The molecule has 3 rings (SSSR count). The smallest absolute Gasteiger partial charge is 0.339 e. The average molecular weight is 404 g/mol. The Morgan fingerprint density at radius 2 is 1.44 bits per heavy atom. The third-order valence-electron chi connectivity index (χ3n) is 5.05. The molecule has 0 N–H and O–H groups in total. The van der Waals surface area contributed by atoms with Gasteiger partial charge in [0.1, 0.15) is 0 Å². The maximum atomic E-state index is 12.6. The molecule has 148 valence electrons. The van der Waals surface area contributed by atoms with Gasteiger partial charge >= 0.3 is 5.51 Å². The van der Waals surface area contributed by atoms with E-state index in [9.17, 15) is 31.2 Å². The Labute approximate surface area is 154 Å². The van der Waals surface area contributed by atoms with E-state index in [2.05, 4.69) is 0 Å². The van der Waals surface area contributed by atoms with Crippen molar-refractivity contribution in [3.8, 4) is 0 Å². The number of hydrogen-bond donors (Lipinski definition) is 0. The summed E-state index contributed by atoms with van der Waals surface area (Å²) in [5.41, 5.74) is -5.28. The van der Waals surface area contributed by atoms with Crippen molar-refractivity contribution in [2.45, 2.75) is 29.7 Å². The molecule has 2 amide bonds. The highest BCUT2D eigenvalue weighted by Crippen LogP contribution is 2.30. The van der Waals surface area contributed by atoms with Gasteiger partial charge in [0.15, 0.2) is 0 Å². The Morgan fingerprint density at radius 3 is 1.89 bits per heavy atom. The number of amides is 2. The molecule has 2 aliphatic rings. The first-order valence-corrected chi connectivity index (χ1v) is 10.1. The van der Waals surface area contributed by atoms with Crippen molar-refractivity contribution in [1.82, 2.24) is 9.80 Å². The molecule has 0 atom stereocenters. The molecule has 1 heterocycles. The molecule has 0 bridgehead atoms. The largest absolute Gasteiger partial charge is 0.501 e. The van der Waals surface area contributed by atoms with E-state index in [1.165, 1.54) is 4.90 Å². The van der Waals surface area contributed by atoms with Crippen LogP contribution in [-0.2, 0) is 14.6 Å². The molecule has 1 saturated carbocycles. The van der Waals surface area contributed by atoms with Gasteiger partial charge in [-0.2, -0.15) is 13.2 Å². The number of nitrogens with zero attached hydrogens (tertiary/aromatic N) is 2. The van der Waals surface area contributed by atoms with E-state index in [0.29, 0.717) is 26.2 Å². The molecule has 0 aromatic heterocycles. The van der Waals surface area contributed by atoms with Gasteiger partial charge in [-0.3, -0.25) is 9.59 Å². The summed E-state index contributed by atoms with van der Waals surface area (Å²) in [6, 6.07) is 3.72. The van der Waals surface area contributed by atoms with E-state index >= 15 is 0 Å². The molecular formula is C17H19F3N2O4S. The zero-order valence-electron chi connectivity index (χ0n) is 14.4. The lowest BCUT2D eigenvalue weighted by atomic mass is 9.84. The minimum Gasteiger partial charge on any atom is -0.339 e. The predicted molar refractivity (Wildman–Crippen MR) is 89.5 cm³/mol. The van der Waals surface area contributed by atoms with Crippen LogP contribution in [0.3, 0.4) is 0 Å². The first kappa shape index (κ1) is 19.7. The Kier molecular flexibility index (Phi) is 5.20. The third-order valence-corrected chi connectivity index (χ3v) is 6.55. The predicted octanol–water partition coefficient (Wildman–Crippen LogP) is 2.06. The van der Waals surface area contributed by atoms with E-state index in [4.69, 9.17) is 0 Å². The van der Waals surface area contributed by atoms with Crippen LogP contribution in [0, 0.1) is 5.92 Å². The summed E-state index contributed by atoms with van der Waals surface area (Å²) in [5.74, 6) is -0.188. The monoisotopic (exact) mass is 404 g/mol. The molecule has 1 aromatic carbocycles.